The fraction of sp³-hybridized carbons (Fsp3) is 1.00. The van der Waals surface area contributed by atoms with Gasteiger partial charge >= 0.3 is 0 Å². The van der Waals surface area contributed by atoms with E-state index in [1.54, 1.807) is 0 Å². The van der Waals surface area contributed by atoms with Crippen LogP contribution >= 0.6 is 0 Å². The molecule has 1 rings (SSSR count). The molecule has 1 aliphatic heterocycles. The third-order valence-corrected chi connectivity index (χ3v) is 0.895. The molecule has 1 heterocycles. The van der Waals surface area contributed by atoms with Crippen LogP contribution in [0.15, 0.2) is 0 Å². The first-order valence-electron chi connectivity index (χ1n) is 2.35. The average molecular weight is 102 g/mol. The topological polar surface area (TPSA) is 33.3 Å². The number of nitrogens with one attached hydrogen (secondary N) is 2. The van der Waals surface area contributed by atoms with Crippen molar-refractivity contribution >= 4 is 0 Å². The minimum Gasteiger partial charge on any atom is -0.344 e. The Morgan fingerprint density at radius 2 is 2.29 bits per heavy atom. The molecule has 3 nitrogen and oxygen atoms in total. The molecule has 3 heteroatoms. The van der Waals surface area contributed by atoms with Gasteiger partial charge in [-0.1, -0.05) is 0 Å². The maximum absolute atomic E-state index is 5.12. The van der Waals surface area contributed by atoms with Crippen molar-refractivity contribution in [3.8, 4) is 0 Å². The van der Waals surface area contributed by atoms with E-state index in [-0.39, 0.29) is 5.72 Å². The summed E-state index contributed by atoms with van der Waals surface area (Å²) in [4.78, 5) is 0. The number of hydrazine groups is 1. The van der Waals surface area contributed by atoms with Crippen molar-refractivity contribution in [1.82, 2.24) is 10.9 Å². The van der Waals surface area contributed by atoms with Crippen molar-refractivity contribution in [2.24, 2.45) is 0 Å². The van der Waals surface area contributed by atoms with Crippen molar-refractivity contribution in [3.63, 3.8) is 0 Å². The van der Waals surface area contributed by atoms with Crippen molar-refractivity contribution in [2.45, 2.75) is 19.6 Å². The summed E-state index contributed by atoms with van der Waals surface area (Å²) in [5.74, 6) is 0. The van der Waals surface area contributed by atoms with Crippen molar-refractivity contribution in [3.05, 3.63) is 0 Å². The highest BCUT2D eigenvalue weighted by Gasteiger charge is 2.21. The highest BCUT2D eigenvalue weighted by molar-refractivity contribution is 4.64. The summed E-state index contributed by atoms with van der Waals surface area (Å²) in [5.41, 5.74) is 5.60. The Balaban J connectivity index is 2.40. The van der Waals surface area contributed by atoms with Gasteiger partial charge in [-0.05, 0) is 13.8 Å². The van der Waals surface area contributed by atoms with Gasteiger partial charge in [0.15, 0.2) is 0 Å². The largest absolute Gasteiger partial charge is 0.344 e. The molecule has 1 aliphatic rings. The second-order valence-electron chi connectivity index (χ2n) is 2.10. The Bertz CT molecular complexity index is 64.1. The lowest BCUT2D eigenvalue weighted by Crippen LogP contribution is -2.38. The van der Waals surface area contributed by atoms with E-state index in [1.807, 2.05) is 13.8 Å². The second kappa shape index (κ2) is 1.43. The molecular weight excluding hydrogens is 92.1 g/mol. The third-order valence-electron chi connectivity index (χ3n) is 0.895. The van der Waals surface area contributed by atoms with Crippen LogP contribution in [0.25, 0.3) is 0 Å². The summed E-state index contributed by atoms with van der Waals surface area (Å²) in [7, 11) is 0. The zero-order valence-electron chi connectivity index (χ0n) is 4.62. The van der Waals surface area contributed by atoms with Crippen LogP contribution in [0.2, 0.25) is 0 Å². The van der Waals surface area contributed by atoms with Gasteiger partial charge in [-0.3, -0.25) is 0 Å². The lowest BCUT2D eigenvalue weighted by atomic mass is 10.3. The summed E-state index contributed by atoms with van der Waals surface area (Å²) in [6, 6.07) is 0. The van der Waals surface area contributed by atoms with E-state index in [9.17, 15) is 0 Å². The number of hydrogen-bond acceptors (Lipinski definition) is 3. The summed E-state index contributed by atoms with van der Waals surface area (Å²) in [6.07, 6.45) is 0. The molecule has 0 bridgehead atoms. The standard InChI is InChI=1S/C4H10N2O/c1-4(2)6-5-3-7-4/h5-6H,3H2,1-2H3. The maximum Gasteiger partial charge on any atom is 0.127 e. The van der Waals surface area contributed by atoms with Crippen molar-refractivity contribution in [2.75, 3.05) is 6.73 Å². The summed E-state index contributed by atoms with van der Waals surface area (Å²) in [5, 5.41) is 0. The highest BCUT2D eigenvalue weighted by Crippen LogP contribution is 2.04. The molecule has 2 N–H and O–H groups in total. The van der Waals surface area contributed by atoms with Crippen LogP contribution in [0.4, 0.5) is 0 Å². The van der Waals surface area contributed by atoms with Crippen LogP contribution in [0.1, 0.15) is 13.8 Å². The molecule has 42 valence electrons. The second-order valence-corrected chi connectivity index (χ2v) is 2.10. The first-order valence-corrected chi connectivity index (χ1v) is 2.35. The van der Waals surface area contributed by atoms with Gasteiger partial charge in [0.1, 0.15) is 12.5 Å². The summed E-state index contributed by atoms with van der Waals surface area (Å²) >= 11 is 0. The normalized spacial score (nSPS) is 28.3. The van der Waals surface area contributed by atoms with E-state index < -0.39 is 0 Å². The van der Waals surface area contributed by atoms with Crippen LogP contribution in [0, 0.1) is 0 Å². The first kappa shape index (κ1) is 5.03. The van der Waals surface area contributed by atoms with E-state index >= 15 is 0 Å². The van der Waals surface area contributed by atoms with Gasteiger partial charge in [0.25, 0.3) is 0 Å². The van der Waals surface area contributed by atoms with Gasteiger partial charge in [-0.25, -0.2) is 10.9 Å². The van der Waals surface area contributed by atoms with Gasteiger partial charge in [-0.15, -0.1) is 0 Å². The van der Waals surface area contributed by atoms with Gasteiger partial charge in [-0.2, -0.15) is 0 Å². The molecule has 1 fully saturated rings. The first-order chi connectivity index (χ1) is 3.21. The van der Waals surface area contributed by atoms with Crippen LogP contribution in [-0.2, 0) is 4.74 Å². The molecule has 0 aromatic carbocycles. The maximum atomic E-state index is 5.12. The third kappa shape index (κ3) is 1.12. The zero-order valence-corrected chi connectivity index (χ0v) is 4.62. The van der Waals surface area contributed by atoms with Crippen LogP contribution in [-0.4, -0.2) is 12.5 Å². The Morgan fingerprint density at radius 1 is 1.57 bits per heavy atom. The molecule has 0 radical (unpaired) electrons. The molecule has 0 spiro atoms. The highest BCUT2D eigenvalue weighted by atomic mass is 16.5. The van der Waals surface area contributed by atoms with Gasteiger partial charge in [0.2, 0.25) is 0 Å². The molecule has 0 unspecified atom stereocenters. The monoisotopic (exact) mass is 102 g/mol. The van der Waals surface area contributed by atoms with Crippen molar-refractivity contribution < 1.29 is 4.74 Å². The van der Waals surface area contributed by atoms with E-state index in [2.05, 4.69) is 10.9 Å². The van der Waals surface area contributed by atoms with E-state index in [0.717, 1.165) is 0 Å². The smallest absolute Gasteiger partial charge is 0.127 e. The molecule has 0 aromatic heterocycles. The molecule has 0 aromatic rings. The Kier molecular flexibility index (Phi) is 1.03. The molecule has 0 atom stereocenters. The average Bonchev–Trinajstić information content (AvgIpc) is 1.84. The lowest BCUT2D eigenvalue weighted by Gasteiger charge is -2.13. The molecule has 0 saturated carbocycles. The Morgan fingerprint density at radius 3 is 2.43 bits per heavy atom. The molecule has 7 heavy (non-hydrogen) atoms. The minimum atomic E-state index is -0.167. The summed E-state index contributed by atoms with van der Waals surface area (Å²) in [6.45, 7) is 4.53. The van der Waals surface area contributed by atoms with Crippen LogP contribution in [0.3, 0.4) is 0 Å². The predicted molar refractivity (Wildman–Crippen MR) is 26.3 cm³/mol. The van der Waals surface area contributed by atoms with E-state index in [1.165, 1.54) is 0 Å². The molecule has 1 saturated heterocycles. The number of hydrogen-bond donors (Lipinski definition) is 2. The van der Waals surface area contributed by atoms with Crippen LogP contribution < -0.4 is 10.9 Å². The zero-order chi connectivity index (χ0) is 5.33. The Hall–Kier alpha value is -0.120. The number of rotatable bonds is 0. The van der Waals surface area contributed by atoms with Gasteiger partial charge in [0, 0.05) is 0 Å². The number of ether oxygens (including phenoxy) is 1. The van der Waals surface area contributed by atoms with E-state index in [0.29, 0.717) is 6.73 Å². The Labute approximate surface area is 43.0 Å². The quantitative estimate of drug-likeness (QED) is 0.444. The van der Waals surface area contributed by atoms with Crippen LogP contribution in [0.5, 0.6) is 0 Å². The van der Waals surface area contributed by atoms with Gasteiger partial charge in [0.05, 0.1) is 0 Å². The van der Waals surface area contributed by atoms with E-state index in [4.69, 9.17) is 4.74 Å². The lowest BCUT2D eigenvalue weighted by molar-refractivity contribution is 0.0231. The van der Waals surface area contributed by atoms with Gasteiger partial charge < -0.3 is 4.74 Å². The summed E-state index contributed by atoms with van der Waals surface area (Å²) < 4.78 is 5.12. The molecular formula is C4H10N2O. The SMILES string of the molecule is CC1(C)NNCO1. The molecule has 0 amide bonds. The fourth-order valence-electron chi connectivity index (χ4n) is 0.502. The molecule has 0 aliphatic carbocycles. The van der Waals surface area contributed by atoms with Crippen molar-refractivity contribution in [1.29, 1.82) is 0 Å². The minimum absolute atomic E-state index is 0.167. The fourth-order valence-corrected chi connectivity index (χ4v) is 0.502. The predicted octanol–water partition coefficient (Wildman–Crippen LogP) is -0.196.